The smallest absolute Gasteiger partial charge is 0.228 e. The van der Waals surface area contributed by atoms with Crippen LogP contribution >= 0.6 is 12.4 Å². The molecule has 0 radical (unpaired) electrons. The minimum atomic E-state index is 0. The molecule has 1 aliphatic carbocycles. The van der Waals surface area contributed by atoms with Gasteiger partial charge in [0.1, 0.15) is 0 Å². The summed E-state index contributed by atoms with van der Waals surface area (Å²) < 4.78 is 0. The van der Waals surface area contributed by atoms with Crippen molar-refractivity contribution in [1.82, 2.24) is 4.90 Å². The number of nitrogens with zero attached hydrogens (tertiary/aromatic N) is 2. The Bertz CT molecular complexity index is 873. The molecule has 3 aliphatic rings. The molecule has 0 atom stereocenters. The van der Waals surface area contributed by atoms with Crippen LogP contribution in [0.25, 0.3) is 0 Å². The predicted molar refractivity (Wildman–Crippen MR) is 121 cm³/mol. The normalized spacial score (nSPS) is 20.1. The second kappa shape index (κ2) is 8.49. The van der Waals surface area contributed by atoms with Crippen molar-refractivity contribution < 1.29 is 4.79 Å². The molecule has 154 valence electrons. The molecule has 1 saturated heterocycles. The van der Waals surface area contributed by atoms with Crippen LogP contribution in [0.5, 0.6) is 0 Å². The third-order valence-corrected chi connectivity index (χ3v) is 7.33. The first-order chi connectivity index (χ1) is 13.8. The van der Waals surface area contributed by atoms with E-state index in [9.17, 15) is 4.79 Å². The van der Waals surface area contributed by atoms with Gasteiger partial charge in [0.2, 0.25) is 5.91 Å². The molecule has 0 N–H and O–H groups in total. The van der Waals surface area contributed by atoms with E-state index in [2.05, 4.69) is 47.4 Å². The number of benzene rings is 2. The lowest BCUT2D eigenvalue weighted by Crippen LogP contribution is -2.43. The summed E-state index contributed by atoms with van der Waals surface area (Å²) >= 11 is 0. The quantitative estimate of drug-likeness (QED) is 0.728. The average Bonchev–Trinajstić information content (AvgIpc) is 3.11. The van der Waals surface area contributed by atoms with Gasteiger partial charge in [0.05, 0.1) is 0 Å². The summed E-state index contributed by atoms with van der Waals surface area (Å²) in [6.45, 7) is 4.02. The topological polar surface area (TPSA) is 23.6 Å². The number of amides is 1. The van der Waals surface area contributed by atoms with Gasteiger partial charge >= 0.3 is 0 Å². The van der Waals surface area contributed by atoms with Gasteiger partial charge in [-0.3, -0.25) is 4.79 Å². The van der Waals surface area contributed by atoms with Crippen molar-refractivity contribution >= 4 is 24.0 Å². The number of aryl methyl sites for hydroxylation is 2. The number of rotatable bonds is 3. The molecule has 1 amide bonds. The molecule has 0 aromatic heterocycles. The van der Waals surface area contributed by atoms with Gasteiger partial charge in [-0.15, -0.1) is 12.4 Å². The van der Waals surface area contributed by atoms with Crippen LogP contribution in [0.2, 0.25) is 0 Å². The van der Waals surface area contributed by atoms with E-state index >= 15 is 0 Å². The molecule has 0 unspecified atom stereocenters. The van der Waals surface area contributed by atoms with E-state index in [1.54, 1.807) is 11.1 Å². The molecule has 2 aliphatic heterocycles. The van der Waals surface area contributed by atoms with E-state index in [1.165, 1.54) is 31.2 Å². The third kappa shape index (κ3) is 3.83. The summed E-state index contributed by atoms with van der Waals surface area (Å²) in [6, 6.07) is 17.4. The zero-order valence-corrected chi connectivity index (χ0v) is 17.9. The molecule has 2 heterocycles. The highest BCUT2D eigenvalue weighted by Gasteiger charge is 2.40. The van der Waals surface area contributed by atoms with Crippen LogP contribution < -0.4 is 4.90 Å². The monoisotopic (exact) mass is 410 g/mol. The molecule has 0 bridgehead atoms. The summed E-state index contributed by atoms with van der Waals surface area (Å²) in [4.78, 5) is 17.5. The SMILES string of the molecule is Cl.O=C(CCN1CCC2(CCc3ccccc32)CC1)N1CCCc2ccccc21. The number of anilines is 1. The van der Waals surface area contributed by atoms with Crippen molar-refractivity contribution in [3.05, 3.63) is 65.2 Å². The highest BCUT2D eigenvalue weighted by molar-refractivity contribution is 5.94. The van der Waals surface area contributed by atoms with Gasteiger partial charge in [0.25, 0.3) is 0 Å². The molecule has 1 fully saturated rings. The second-order valence-electron chi connectivity index (χ2n) is 8.81. The van der Waals surface area contributed by atoms with Crippen LogP contribution in [0.3, 0.4) is 0 Å². The van der Waals surface area contributed by atoms with Crippen LogP contribution in [0.1, 0.15) is 48.8 Å². The number of fused-ring (bicyclic) bond motifs is 3. The van der Waals surface area contributed by atoms with Crippen molar-refractivity contribution in [2.45, 2.75) is 50.4 Å². The Morgan fingerprint density at radius 3 is 2.41 bits per heavy atom. The van der Waals surface area contributed by atoms with Crippen molar-refractivity contribution in [2.24, 2.45) is 0 Å². The van der Waals surface area contributed by atoms with Crippen LogP contribution in [0.15, 0.2) is 48.5 Å². The van der Waals surface area contributed by atoms with E-state index in [4.69, 9.17) is 0 Å². The fourth-order valence-corrected chi connectivity index (χ4v) is 5.67. The van der Waals surface area contributed by atoms with Crippen LogP contribution in [-0.4, -0.2) is 37.0 Å². The number of carbonyl (C=O) groups excluding carboxylic acids is 1. The van der Waals surface area contributed by atoms with Gasteiger partial charge in [-0.05, 0) is 79.8 Å². The largest absolute Gasteiger partial charge is 0.312 e. The Morgan fingerprint density at radius 1 is 0.862 bits per heavy atom. The first-order valence-electron chi connectivity index (χ1n) is 10.9. The van der Waals surface area contributed by atoms with E-state index in [-0.39, 0.29) is 12.4 Å². The van der Waals surface area contributed by atoms with Gasteiger partial charge in [-0.1, -0.05) is 42.5 Å². The zero-order chi connectivity index (χ0) is 19.0. The number of halogens is 1. The molecule has 2 aromatic rings. The highest BCUT2D eigenvalue weighted by Crippen LogP contribution is 2.46. The summed E-state index contributed by atoms with van der Waals surface area (Å²) in [5.74, 6) is 0.290. The van der Waals surface area contributed by atoms with Gasteiger partial charge < -0.3 is 9.80 Å². The maximum atomic E-state index is 12.9. The molecule has 3 nitrogen and oxygen atoms in total. The molecular weight excluding hydrogens is 380 g/mol. The van der Waals surface area contributed by atoms with Gasteiger partial charge in [-0.25, -0.2) is 0 Å². The Morgan fingerprint density at radius 2 is 1.59 bits per heavy atom. The molecule has 4 heteroatoms. The molecule has 5 rings (SSSR count). The first kappa shape index (κ1) is 20.4. The van der Waals surface area contributed by atoms with Crippen molar-refractivity contribution in [3.8, 4) is 0 Å². The van der Waals surface area contributed by atoms with Crippen LogP contribution in [-0.2, 0) is 23.1 Å². The lowest BCUT2D eigenvalue weighted by molar-refractivity contribution is -0.119. The number of hydrogen-bond acceptors (Lipinski definition) is 2. The second-order valence-corrected chi connectivity index (χ2v) is 8.81. The summed E-state index contributed by atoms with van der Waals surface area (Å²) in [5, 5.41) is 0. The maximum Gasteiger partial charge on any atom is 0.228 e. The number of likely N-dealkylation sites (tertiary alicyclic amines) is 1. The predicted octanol–water partition coefficient (Wildman–Crippen LogP) is 4.76. The fourth-order valence-electron chi connectivity index (χ4n) is 5.67. The number of para-hydroxylation sites is 1. The van der Waals surface area contributed by atoms with E-state index in [0.717, 1.165) is 44.7 Å². The summed E-state index contributed by atoms with van der Waals surface area (Å²) in [5.41, 5.74) is 6.04. The summed E-state index contributed by atoms with van der Waals surface area (Å²) in [7, 11) is 0. The maximum absolute atomic E-state index is 12.9. The Balaban J connectivity index is 0.00000205. The van der Waals surface area contributed by atoms with Crippen molar-refractivity contribution in [1.29, 1.82) is 0 Å². The van der Waals surface area contributed by atoms with E-state index in [0.29, 0.717) is 17.7 Å². The van der Waals surface area contributed by atoms with E-state index in [1.807, 2.05) is 11.0 Å². The standard InChI is InChI=1S/C25H30N2O.ClH/c28-24(27-16-5-8-21-7-2-4-10-23(21)27)12-17-26-18-14-25(15-19-26)13-11-20-6-1-3-9-22(20)25;/h1-4,6-7,9-10H,5,8,11-19H2;1H. The van der Waals surface area contributed by atoms with E-state index < -0.39 is 0 Å². The zero-order valence-electron chi connectivity index (χ0n) is 17.1. The van der Waals surface area contributed by atoms with Gasteiger partial charge in [0.15, 0.2) is 0 Å². The van der Waals surface area contributed by atoms with Crippen LogP contribution in [0, 0.1) is 0 Å². The number of piperidine rings is 1. The average molecular weight is 411 g/mol. The third-order valence-electron chi connectivity index (χ3n) is 7.33. The minimum absolute atomic E-state index is 0. The lowest BCUT2D eigenvalue weighted by Gasteiger charge is -2.40. The van der Waals surface area contributed by atoms with Crippen molar-refractivity contribution in [2.75, 3.05) is 31.1 Å². The van der Waals surface area contributed by atoms with Gasteiger partial charge in [0, 0.05) is 25.2 Å². The molecule has 29 heavy (non-hydrogen) atoms. The summed E-state index contributed by atoms with van der Waals surface area (Å²) in [6.07, 6.45) is 7.84. The molecule has 1 spiro atoms. The number of hydrogen-bond donors (Lipinski definition) is 0. The minimum Gasteiger partial charge on any atom is -0.312 e. The lowest BCUT2D eigenvalue weighted by atomic mass is 9.74. The molecule has 2 aromatic carbocycles. The highest BCUT2D eigenvalue weighted by atomic mass is 35.5. The fraction of sp³-hybridized carbons (Fsp3) is 0.480. The molecular formula is C25H31ClN2O. The van der Waals surface area contributed by atoms with Crippen LogP contribution in [0.4, 0.5) is 5.69 Å². The first-order valence-corrected chi connectivity index (χ1v) is 10.9. The Labute approximate surface area is 180 Å². The van der Waals surface area contributed by atoms with Gasteiger partial charge in [-0.2, -0.15) is 0 Å². The Kier molecular flexibility index (Phi) is 5.98. The van der Waals surface area contributed by atoms with Crippen molar-refractivity contribution in [3.63, 3.8) is 0 Å². The number of carbonyl (C=O) groups is 1. The molecule has 0 saturated carbocycles. The Hall–Kier alpha value is -1.84.